The Bertz CT molecular complexity index is 559. The third kappa shape index (κ3) is 6.06. The Kier molecular flexibility index (Phi) is 7.33. The second-order valence-electron chi connectivity index (χ2n) is 5.70. The summed E-state index contributed by atoms with van der Waals surface area (Å²) in [6.45, 7) is 9.70. The minimum absolute atomic E-state index is 0.0802. The molecule has 0 aliphatic carbocycles. The lowest BCUT2D eigenvalue weighted by Crippen LogP contribution is -2.33. The van der Waals surface area contributed by atoms with E-state index in [1.165, 1.54) is 0 Å². The van der Waals surface area contributed by atoms with Gasteiger partial charge in [0, 0.05) is 17.1 Å². The van der Waals surface area contributed by atoms with Crippen molar-refractivity contribution in [2.45, 2.75) is 51.6 Å². The molecule has 120 valence electrons. The molecule has 1 aromatic rings. The number of halogens is 1. The fourth-order valence-corrected chi connectivity index (χ4v) is 4.61. The molecular formula is C15H25BrN2O2S. The van der Waals surface area contributed by atoms with E-state index < -0.39 is 10.0 Å². The highest BCUT2D eigenvalue weighted by molar-refractivity contribution is 9.10. The Morgan fingerprint density at radius 1 is 1.24 bits per heavy atom. The van der Waals surface area contributed by atoms with Crippen molar-refractivity contribution in [1.29, 1.82) is 0 Å². The van der Waals surface area contributed by atoms with Gasteiger partial charge in [-0.1, -0.05) is 26.8 Å². The van der Waals surface area contributed by atoms with Gasteiger partial charge in [-0.2, -0.15) is 0 Å². The van der Waals surface area contributed by atoms with Crippen LogP contribution in [-0.2, 0) is 16.6 Å². The van der Waals surface area contributed by atoms with Crippen LogP contribution in [0.25, 0.3) is 0 Å². The second-order valence-corrected chi connectivity index (χ2v) is 8.23. The van der Waals surface area contributed by atoms with E-state index in [2.05, 4.69) is 39.8 Å². The zero-order chi connectivity index (χ0) is 16.0. The van der Waals surface area contributed by atoms with E-state index in [1.54, 1.807) is 6.07 Å². The van der Waals surface area contributed by atoms with Gasteiger partial charge in [-0.3, -0.25) is 0 Å². The van der Waals surface area contributed by atoms with E-state index in [9.17, 15) is 8.42 Å². The average molecular weight is 377 g/mol. The fourth-order valence-electron chi connectivity index (χ4n) is 2.23. The van der Waals surface area contributed by atoms with Gasteiger partial charge in [0.2, 0.25) is 10.0 Å². The molecule has 0 saturated heterocycles. The highest BCUT2D eigenvalue weighted by atomic mass is 79.9. The second kappa shape index (κ2) is 8.27. The normalized spacial score (nSPS) is 13.6. The molecule has 0 spiro atoms. The van der Waals surface area contributed by atoms with Gasteiger partial charge in [0.25, 0.3) is 0 Å². The van der Waals surface area contributed by atoms with Crippen molar-refractivity contribution < 1.29 is 8.42 Å². The summed E-state index contributed by atoms with van der Waals surface area (Å²) in [6, 6.07) is 5.27. The molecule has 4 nitrogen and oxygen atoms in total. The van der Waals surface area contributed by atoms with E-state index in [0.717, 1.165) is 25.1 Å². The van der Waals surface area contributed by atoms with Crippen LogP contribution in [-0.4, -0.2) is 21.0 Å². The third-order valence-corrected chi connectivity index (χ3v) is 5.61. The Labute approximate surface area is 136 Å². The molecule has 0 radical (unpaired) electrons. The van der Waals surface area contributed by atoms with Crippen LogP contribution in [0, 0.1) is 5.92 Å². The van der Waals surface area contributed by atoms with Crippen LogP contribution in [0.3, 0.4) is 0 Å². The van der Waals surface area contributed by atoms with Crippen LogP contribution in [0.15, 0.2) is 27.6 Å². The number of benzene rings is 1. The highest BCUT2D eigenvalue weighted by Crippen LogP contribution is 2.24. The first kappa shape index (κ1) is 18.6. The monoisotopic (exact) mass is 376 g/mol. The average Bonchev–Trinajstić information content (AvgIpc) is 2.34. The summed E-state index contributed by atoms with van der Waals surface area (Å²) in [5.74, 6) is 0.452. The molecule has 0 aliphatic heterocycles. The predicted octanol–water partition coefficient (Wildman–Crippen LogP) is 3.27. The highest BCUT2D eigenvalue weighted by Gasteiger charge is 2.20. The van der Waals surface area contributed by atoms with Gasteiger partial charge in [0.1, 0.15) is 0 Å². The maximum absolute atomic E-state index is 12.4. The Hall–Kier alpha value is -0.430. The third-order valence-electron chi connectivity index (χ3n) is 3.05. The number of hydrogen-bond donors (Lipinski definition) is 2. The van der Waals surface area contributed by atoms with Crippen molar-refractivity contribution in [3.05, 3.63) is 28.2 Å². The minimum atomic E-state index is -3.49. The molecule has 6 heteroatoms. The van der Waals surface area contributed by atoms with Gasteiger partial charge in [0.05, 0.1) is 4.90 Å². The predicted molar refractivity (Wildman–Crippen MR) is 90.8 cm³/mol. The Morgan fingerprint density at radius 3 is 2.43 bits per heavy atom. The first-order chi connectivity index (χ1) is 9.76. The number of nitrogens with one attached hydrogen (secondary N) is 2. The summed E-state index contributed by atoms with van der Waals surface area (Å²) < 4.78 is 28.2. The quantitative estimate of drug-likeness (QED) is 0.731. The smallest absolute Gasteiger partial charge is 0.241 e. The van der Waals surface area contributed by atoms with Crippen molar-refractivity contribution in [3.63, 3.8) is 0 Å². The standard InChI is InChI=1S/C15H25BrN2O2S/c1-5-17-10-13-6-7-15(14(16)9-13)21(19,20)18-12(4)8-11(2)3/h6-7,9,11-12,17-18H,5,8,10H2,1-4H3. The molecule has 21 heavy (non-hydrogen) atoms. The molecule has 0 heterocycles. The lowest BCUT2D eigenvalue weighted by molar-refractivity contribution is 0.482. The molecule has 0 aliphatic rings. The summed E-state index contributed by atoms with van der Waals surface area (Å²) >= 11 is 3.37. The summed E-state index contributed by atoms with van der Waals surface area (Å²) in [7, 11) is -3.49. The van der Waals surface area contributed by atoms with Crippen molar-refractivity contribution in [2.24, 2.45) is 5.92 Å². The number of sulfonamides is 1. The molecule has 1 aromatic carbocycles. The lowest BCUT2D eigenvalue weighted by Gasteiger charge is -2.17. The van der Waals surface area contributed by atoms with Gasteiger partial charge >= 0.3 is 0 Å². The SMILES string of the molecule is CCNCc1ccc(S(=O)(=O)NC(C)CC(C)C)c(Br)c1. The molecule has 1 unspecified atom stereocenters. The summed E-state index contributed by atoms with van der Waals surface area (Å²) in [5, 5.41) is 3.22. The van der Waals surface area contributed by atoms with Crippen LogP contribution in [0.5, 0.6) is 0 Å². The number of hydrogen-bond acceptors (Lipinski definition) is 3. The number of rotatable bonds is 8. The van der Waals surface area contributed by atoms with Gasteiger partial charge in [-0.15, -0.1) is 0 Å². The van der Waals surface area contributed by atoms with E-state index in [4.69, 9.17) is 0 Å². The Morgan fingerprint density at radius 2 is 1.90 bits per heavy atom. The van der Waals surface area contributed by atoms with E-state index >= 15 is 0 Å². The molecule has 0 bridgehead atoms. The largest absolute Gasteiger partial charge is 0.313 e. The first-order valence-corrected chi connectivity index (χ1v) is 9.55. The van der Waals surface area contributed by atoms with Gasteiger partial charge in [-0.25, -0.2) is 13.1 Å². The van der Waals surface area contributed by atoms with Crippen LogP contribution in [0.2, 0.25) is 0 Å². The van der Waals surface area contributed by atoms with Crippen molar-refractivity contribution in [2.75, 3.05) is 6.54 Å². The molecule has 0 aromatic heterocycles. The molecular weight excluding hydrogens is 352 g/mol. The van der Waals surface area contributed by atoms with E-state index in [-0.39, 0.29) is 6.04 Å². The maximum Gasteiger partial charge on any atom is 0.241 e. The van der Waals surface area contributed by atoms with Gasteiger partial charge < -0.3 is 5.32 Å². The Balaban J connectivity index is 2.88. The molecule has 0 amide bonds. The molecule has 1 atom stereocenters. The minimum Gasteiger partial charge on any atom is -0.313 e. The van der Waals surface area contributed by atoms with Crippen LogP contribution in [0.4, 0.5) is 0 Å². The van der Waals surface area contributed by atoms with E-state index in [1.807, 2.05) is 26.0 Å². The van der Waals surface area contributed by atoms with E-state index in [0.29, 0.717) is 15.3 Å². The molecule has 0 saturated carbocycles. The van der Waals surface area contributed by atoms with Crippen LogP contribution in [0.1, 0.15) is 39.7 Å². The van der Waals surface area contributed by atoms with Crippen molar-refractivity contribution in [1.82, 2.24) is 10.0 Å². The zero-order valence-corrected chi connectivity index (χ0v) is 15.5. The van der Waals surface area contributed by atoms with Crippen LogP contribution < -0.4 is 10.0 Å². The van der Waals surface area contributed by atoms with Crippen molar-refractivity contribution in [3.8, 4) is 0 Å². The molecule has 1 rings (SSSR count). The molecule has 2 N–H and O–H groups in total. The summed E-state index contributed by atoms with van der Waals surface area (Å²) in [6.07, 6.45) is 0.815. The molecule has 0 fully saturated rings. The van der Waals surface area contributed by atoms with Gasteiger partial charge in [-0.05, 0) is 59.4 Å². The van der Waals surface area contributed by atoms with Crippen molar-refractivity contribution >= 4 is 26.0 Å². The fraction of sp³-hybridized carbons (Fsp3) is 0.600. The maximum atomic E-state index is 12.4. The lowest BCUT2D eigenvalue weighted by atomic mass is 10.1. The topological polar surface area (TPSA) is 58.2 Å². The first-order valence-electron chi connectivity index (χ1n) is 7.27. The van der Waals surface area contributed by atoms with Gasteiger partial charge in [0.15, 0.2) is 0 Å². The summed E-state index contributed by atoms with van der Waals surface area (Å²) in [5.41, 5.74) is 1.05. The summed E-state index contributed by atoms with van der Waals surface area (Å²) in [4.78, 5) is 0.290. The zero-order valence-electron chi connectivity index (χ0n) is 13.1. The van der Waals surface area contributed by atoms with Crippen LogP contribution >= 0.6 is 15.9 Å².